The van der Waals surface area contributed by atoms with Crippen LogP contribution in [0.2, 0.25) is 0 Å². The van der Waals surface area contributed by atoms with Crippen molar-refractivity contribution in [3.8, 4) is 11.4 Å². The fourth-order valence-electron chi connectivity index (χ4n) is 5.84. The molecular weight excluding hydrogens is 464 g/mol. The minimum atomic E-state index is -3.49. The zero-order valence-electron chi connectivity index (χ0n) is 19.7. The molecular formula is C26H30N4O4S. The standard InChI is InChI=1S/C26H30N4O4S/c31-35(32,23-7-6-20-3-1-4-21(20)16-23)30-12-9-26(10-13-30)17-19(8-14-33-26)15-24-28-25(29-34-24)22-5-2-11-27-18-22/h2,5-7,11,16,18-19H,1,3-4,8-10,12-15,17H2. The number of nitrogens with zero attached hydrogens (tertiary/aromatic N) is 4. The number of rotatable bonds is 5. The number of aromatic nitrogens is 3. The van der Waals surface area contributed by atoms with Crippen LogP contribution in [0, 0.1) is 5.92 Å². The van der Waals surface area contributed by atoms with Gasteiger partial charge in [-0.2, -0.15) is 9.29 Å². The van der Waals surface area contributed by atoms with Gasteiger partial charge in [-0.15, -0.1) is 0 Å². The van der Waals surface area contributed by atoms with Gasteiger partial charge in [0, 0.05) is 44.1 Å². The van der Waals surface area contributed by atoms with Crippen LogP contribution in [0.3, 0.4) is 0 Å². The number of pyridine rings is 1. The number of hydrogen-bond donors (Lipinski definition) is 0. The molecule has 0 amide bonds. The Labute approximate surface area is 205 Å². The predicted molar refractivity (Wildman–Crippen MR) is 129 cm³/mol. The van der Waals surface area contributed by atoms with Gasteiger partial charge in [0.15, 0.2) is 0 Å². The van der Waals surface area contributed by atoms with Gasteiger partial charge in [-0.1, -0.05) is 11.2 Å². The second-order valence-corrected chi connectivity index (χ2v) is 12.0. The smallest absolute Gasteiger partial charge is 0.243 e. The van der Waals surface area contributed by atoms with E-state index in [-0.39, 0.29) is 5.60 Å². The maximum atomic E-state index is 13.3. The first-order valence-corrected chi connectivity index (χ1v) is 13.9. The van der Waals surface area contributed by atoms with Crippen LogP contribution >= 0.6 is 0 Å². The van der Waals surface area contributed by atoms with Crippen molar-refractivity contribution >= 4 is 10.0 Å². The fraction of sp³-hybridized carbons (Fsp3) is 0.500. The number of ether oxygens (including phenoxy) is 1. The van der Waals surface area contributed by atoms with Gasteiger partial charge >= 0.3 is 0 Å². The van der Waals surface area contributed by atoms with Crippen LogP contribution in [0.15, 0.2) is 52.1 Å². The highest BCUT2D eigenvalue weighted by molar-refractivity contribution is 7.89. The van der Waals surface area contributed by atoms with E-state index < -0.39 is 10.0 Å². The SMILES string of the molecule is O=S(=O)(c1ccc2c(c1)CCC2)N1CCC2(CC1)CC(Cc1nc(-c3cccnc3)no1)CCO2. The second-order valence-electron chi connectivity index (χ2n) is 10.0. The first-order valence-electron chi connectivity index (χ1n) is 12.5. The van der Waals surface area contributed by atoms with Crippen molar-refractivity contribution < 1.29 is 17.7 Å². The highest BCUT2D eigenvalue weighted by Gasteiger charge is 2.43. The van der Waals surface area contributed by atoms with E-state index in [1.807, 2.05) is 24.3 Å². The molecule has 35 heavy (non-hydrogen) atoms. The molecule has 184 valence electrons. The third kappa shape index (κ3) is 4.52. The molecule has 8 nitrogen and oxygen atoms in total. The minimum absolute atomic E-state index is 0.279. The number of benzene rings is 1. The Bertz CT molecular complexity index is 1300. The summed E-state index contributed by atoms with van der Waals surface area (Å²) >= 11 is 0. The van der Waals surface area contributed by atoms with Gasteiger partial charge in [0.2, 0.25) is 21.7 Å². The summed E-state index contributed by atoms with van der Waals surface area (Å²) in [5, 5.41) is 4.11. The molecule has 0 bridgehead atoms. The van der Waals surface area contributed by atoms with Crippen LogP contribution < -0.4 is 0 Å². The molecule has 4 heterocycles. The number of sulfonamides is 1. The zero-order valence-corrected chi connectivity index (χ0v) is 20.5. The monoisotopic (exact) mass is 494 g/mol. The maximum absolute atomic E-state index is 13.3. The molecule has 2 fully saturated rings. The third-order valence-corrected chi connectivity index (χ3v) is 9.68. The number of aryl methyl sites for hydroxylation is 2. The van der Waals surface area contributed by atoms with E-state index in [0.717, 1.165) is 37.7 Å². The first kappa shape index (κ1) is 22.8. The van der Waals surface area contributed by atoms with Crippen molar-refractivity contribution in [2.75, 3.05) is 19.7 Å². The normalized spacial score (nSPS) is 22.3. The summed E-state index contributed by atoms with van der Waals surface area (Å²) in [7, 11) is -3.49. The zero-order chi connectivity index (χ0) is 23.9. The number of piperidine rings is 1. The summed E-state index contributed by atoms with van der Waals surface area (Å²) in [6.07, 6.45) is 10.5. The first-order chi connectivity index (χ1) is 17.0. The van der Waals surface area contributed by atoms with E-state index in [2.05, 4.69) is 15.1 Å². The molecule has 6 rings (SSSR count). The molecule has 0 N–H and O–H groups in total. The topological polar surface area (TPSA) is 98.4 Å². The lowest BCUT2D eigenvalue weighted by atomic mass is 9.79. The van der Waals surface area contributed by atoms with Crippen LogP contribution in [-0.2, 0) is 34.0 Å². The summed E-state index contributed by atoms with van der Waals surface area (Å²) in [6, 6.07) is 9.42. The lowest BCUT2D eigenvalue weighted by Gasteiger charge is -2.45. The van der Waals surface area contributed by atoms with Crippen LogP contribution in [0.5, 0.6) is 0 Å². The third-order valence-electron chi connectivity index (χ3n) is 7.79. The summed E-state index contributed by atoms with van der Waals surface area (Å²) in [5.74, 6) is 1.55. The molecule has 1 atom stereocenters. The van der Waals surface area contributed by atoms with Crippen molar-refractivity contribution in [1.29, 1.82) is 0 Å². The lowest BCUT2D eigenvalue weighted by Crippen LogP contribution is -2.50. The molecule has 3 aromatic rings. The van der Waals surface area contributed by atoms with Crippen molar-refractivity contribution in [3.63, 3.8) is 0 Å². The molecule has 2 aliphatic heterocycles. The van der Waals surface area contributed by atoms with Crippen LogP contribution in [0.1, 0.15) is 49.1 Å². The van der Waals surface area contributed by atoms with Gasteiger partial charge in [0.1, 0.15) is 0 Å². The number of fused-ring (bicyclic) bond motifs is 1. The summed E-state index contributed by atoms with van der Waals surface area (Å²) < 4.78 is 40.1. The Morgan fingerprint density at radius 3 is 2.80 bits per heavy atom. The molecule has 1 aromatic carbocycles. The average Bonchev–Trinajstić information content (AvgIpc) is 3.54. The molecule has 1 unspecified atom stereocenters. The predicted octanol–water partition coefficient (Wildman–Crippen LogP) is 3.81. The molecule has 3 aliphatic rings. The quantitative estimate of drug-likeness (QED) is 0.532. The average molecular weight is 495 g/mol. The summed E-state index contributed by atoms with van der Waals surface area (Å²) in [5.41, 5.74) is 3.03. The van der Waals surface area contributed by atoms with Crippen molar-refractivity contribution in [1.82, 2.24) is 19.4 Å². The van der Waals surface area contributed by atoms with Crippen molar-refractivity contribution in [2.24, 2.45) is 5.92 Å². The van der Waals surface area contributed by atoms with Gasteiger partial charge in [-0.05, 0) is 86.3 Å². The molecule has 2 saturated heterocycles. The van der Waals surface area contributed by atoms with Crippen molar-refractivity contribution in [3.05, 3.63) is 59.7 Å². The van der Waals surface area contributed by atoms with Gasteiger partial charge in [0.05, 0.1) is 10.5 Å². The highest BCUT2D eigenvalue weighted by Crippen LogP contribution is 2.40. The van der Waals surface area contributed by atoms with Crippen molar-refractivity contribution in [2.45, 2.75) is 61.9 Å². The second kappa shape index (κ2) is 9.11. The molecule has 1 aliphatic carbocycles. The van der Waals surface area contributed by atoms with E-state index >= 15 is 0 Å². The molecule has 0 saturated carbocycles. The van der Waals surface area contributed by atoms with Gasteiger partial charge in [-0.3, -0.25) is 4.98 Å². The van der Waals surface area contributed by atoms with Crippen LogP contribution in [-0.4, -0.2) is 53.1 Å². The summed E-state index contributed by atoms with van der Waals surface area (Å²) in [4.78, 5) is 9.11. The molecule has 1 spiro atoms. The Balaban J connectivity index is 1.10. The molecule has 0 radical (unpaired) electrons. The Morgan fingerprint density at radius 1 is 1.11 bits per heavy atom. The van der Waals surface area contributed by atoms with E-state index in [0.29, 0.717) is 61.5 Å². The number of hydrogen-bond acceptors (Lipinski definition) is 7. The van der Waals surface area contributed by atoms with Gasteiger partial charge in [0.25, 0.3) is 0 Å². The molecule has 2 aromatic heterocycles. The van der Waals surface area contributed by atoms with E-state index in [4.69, 9.17) is 9.26 Å². The minimum Gasteiger partial charge on any atom is -0.375 e. The maximum Gasteiger partial charge on any atom is 0.243 e. The Kier molecular flexibility index (Phi) is 5.94. The van der Waals surface area contributed by atoms with E-state index in [1.165, 1.54) is 11.1 Å². The van der Waals surface area contributed by atoms with Gasteiger partial charge in [-0.25, -0.2) is 8.42 Å². The largest absolute Gasteiger partial charge is 0.375 e. The van der Waals surface area contributed by atoms with Crippen LogP contribution in [0.25, 0.3) is 11.4 Å². The summed E-state index contributed by atoms with van der Waals surface area (Å²) in [6.45, 7) is 1.64. The van der Waals surface area contributed by atoms with E-state index in [9.17, 15) is 8.42 Å². The van der Waals surface area contributed by atoms with Crippen LogP contribution in [0.4, 0.5) is 0 Å². The van der Waals surface area contributed by atoms with E-state index in [1.54, 1.807) is 22.8 Å². The lowest BCUT2D eigenvalue weighted by molar-refractivity contribution is -0.121. The van der Waals surface area contributed by atoms with Gasteiger partial charge < -0.3 is 9.26 Å². The Hall–Kier alpha value is -2.62. The molecule has 9 heteroatoms. The fourth-order valence-corrected chi connectivity index (χ4v) is 7.33. The Morgan fingerprint density at radius 2 is 1.97 bits per heavy atom. The highest BCUT2D eigenvalue weighted by atomic mass is 32.2.